The minimum Gasteiger partial charge on any atom is -0.495 e. The quantitative estimate of drug-likeness (QED) is 0.169. The van der Waals surface area contributed by atoms with Gasteiger partial charge in [0.2, 0.25) is 5.91 Å². The summed E-state index contributed by atoms with van der Waals surface area (Å²) in [4.78, 5) is 48.5. The normalized spacial score (nSPS) is 13.4. The number of nitrogens with two attached hydrogens (primary N) is 1. The van der Waals surface area contributed by atoms with Crippen molar-refractivity contribution in [3.05, 3.63) is 83.0 Å². The Balaban J connectivity index is 1.19. The molecule has 0 bridgehead atoms. The number of likely N-dealkylation sites (N-methyl/N-ethyl adjacent to an activating group) is 1. The molecular formula is C37H46N6O5. The molecule has 0 radical (unpaired) electrons. The number of nitrogens with one attached hydrogen (secondary N) is 2. The van der Waals surface area contributed by atoms with E-state index in [0.29, 0.717) is 53.6 Å². The highest BCUT2D eigenvalue weighted by molar-refractivity contribution is 6.13. The van der Waals surface area contributed by atoms with Crippen LogP contribution in [0.2, 0.25) is 0 Å². The molecule has 3 amide bonds. The first-order valence-electron chi connectivity index (χ1n) is 16.5. The van der Waals surface area contributed by atoms with Gasteiger partial charge in [-0.05, 0) is 87.3 Å². The monoisotopic (exact) mass is 654 g/mol. The molecule has 0 aliphatic carbocycles. The molecule has 0 spiro atoms. The third kappa shape index (κ3) is 8.15. The molecule has 1 aromatic heterocycles. The molecule has 1 aliphatic rings. The summed E-state index contributed by atoms with van der Waals surface area (Å²) >= 11 is 0. The van der Waals surface area contributed by atoms with Crippen LogP contribution in [0.3, 0.4) is 0 Å². The van der Waals surface area contributed by atoms with Gasteiger partial charge >= 0.3 is 0 Å². The topological polar surface area (TPSA) is 133 Å². The molecule has 0 saturated carbocycles. The number of amides is 3. The fourth-order valence-electron chi connectivity index (χ4n) is 5.91. The van der Waals surface area contributed by atoms with E-state index < -0.39 is 0 Å². The van der Waals surface area contributed by atoms with Crippen LogP contribution in [0.1, 0.15) is 57.7 Å². The molecule has 4 N–H and O–H groups in total. The number of aromatic nitrogens is 1. The van der Waals surface area contributed by atoms with Gasteiger partial charge in [0.1, 0.15) is 11.5 Å². The van der Waals surface area contributed by atoms with E-state index in [1.54, 1.807) is 36.2 Å². The number of carbonyl (C=O) groups excluding carboxylic acids is 3. The Morgan fingerprint density at radius 1 is 0.958 bits per heavy atom. The molecule has 0 atom stereocenters. The lowest BCUT2D eigenvalue weighted by Crippen LogP contribution is -2.47. The molecule has 1 fully saturated rings. The summed E-state index contributed by atoms with van der Waals surface area (Å²) in [6.07, 6.45) is 3.07. The molecule has 3 aromatic carbocycles. The molecule has 11 heteroatoms. The summed E-state index contributed by atoms with van der Waals surface area (Å²) in [6, 6.07) is 18.0. The van der Waals surface area contributed by atoms with Gasteiger partial charge < -0.3 is 40.2 Å². The molecule has 1 saturated heterocycles. The number of methoxy groups -OCH3 is 1. The van der Waals surface area contributed by atoms with Crippen molar-refractivity contribution >= 4 is 40.0 Å². The predicted molar refractivity (Wildman–Crippen MR) is 189 cm³/mol. The maximum Gasteiger partial charge on any atom is 0.258 e. The lowest BCUT2D eigenvalue weighted by Gasteiger charge is -2.32. The number of unbranched alkanes of at least 4 members (excludes halogenated alkanes) is 2. The van der Waals surface area contributed by atoms with Crippen LogP contribution in [-0.2, 0) is 11.3 Å². The number of H-pyrrole nitrogens is 1. The number of carbonyl (C=O) groups is 3. The minimum absolute atomic E-state index is 0.230. The van der Waals surface area contributed by atoms with Crippen LogP contribution in [0.4, 0.5) is 11.4 Å². The molecule has 11 nitrogen and oxygen atoms in total. The average Bonchev–Trinajstić information content (AvgIpc) is 3.53. The van der Waals surface area contributed by atoms with Crippen LogP contribution in [0, 0.1) is 6.92 Å². The molecular weight excluding hydrogens is 608 g/mol. The van der Waals surface area contributed by atoms with Crippen molar-refractivity contribution in [3.63, 3.8) is 0 Å². The summed E-state index contributed by atoms with van der Waals surface area (Å²) < 4.78 is 11.8. The van der Waals surface area contributed by atoms with Crippen LogP contribution >= 0.6 is 0 Å². The number of ether oxygens (including phenoxy) is 2. The van der Waals surface area contributed by atoms with Gasteiger partial charge in [-0.25, -0.2) is 0 Å². The number of aromatic amines is 1. The zero-order chi connectivity index (χ0) is 34.2. The van der Waals surface area contributed by atoms with E-state index in [-0.39, 0.29) is 17.7 Å². The van der Waals surface area contributed by atoms with Crippen LogP contribution in [0.15, 0.2) is 60.7 Å². The Labute approximate surface area is 282 Å². The van der Waals surface area contributed by atoms with Gasteiger partial charge in [-0.1, -0.05) is 12.1 Å². The van der Waals surface area contributed by atoms with Crippen LogP contribution in [0.25, 0.3) is 10.9 Å². The molecule has 4 aromatic rings. The molecule has 48 heavy (non-hydrogen) atoms. The molecule has 1 aliphatic heterocycles. The Bertz CT molecular complexity index is 1760. The summed E-state index contributed by atoms with van der Waals surface area (Å²) in [5, 5.41) is 3.70. The van der Waals surface area contributed by atoms with Crippen molar-refractivity contribution in [2.45, 2.75) is 39.2 Å². The van der Waals surface area contributed by atoms with Gasteiger partial charge in [-0.3, -0.25) is 14.4 Å². The third-order valence-electron chi connectivity index (χ3n) is 8.81. The Kier molecular flexibility index (Phi) is 11.4. The SMILES string of the molecule is COc1cc(C(=O)N(C)c2ccc(C)cc2OCCCCCC(=O)N2CCN(C)CC2)ccc1NC(=O)c1cccc2[nH]c(CN)cc12. The van der Waals surface area contributed by atoms with Gasteiger partial charge in [0.25, 0.3) is 11.8 Å². The second-order valence-electron chi connectivity index (χ2n) is 12.3. The van der Waals surface area contributed by atoms with Gasteiger partial charge in [-0.15, -0.1) is 0 Å². The number of anilines is 2. The first-order valence-corrected chi connectivity index (χ1v) is 16.5. The number of hydrogen-bond acceptors (Lipinski definition) is 7. The minimum atomic E-state index is -0.305. The zero-order valence-electron chi connectivity index (χ0n) is 28.3. The first-order chi connectivity index (χ1) is 23.2. The fourth-order valence-corrected chi connectivity index (χ4v) is 5.91. The fraction of sp³-hybridized carbons (Fsp3) is 0.378. The Morgan fingerprint density at radius 3 is 2.50 bits per heavy atom. The average molecular weight is 655 g/mol. The van der Waals surface area contributed by atoms with Gasteiger partial charge in [0, 0.05) is 73.9 Å². The van der Waals surface area contributed by atoms with Gasteiger partial charge in [0.05, 0.1) is 25.1 Å². The lowest BCUT2D eigenvalue weighted by atomic mass is 10.1. The molecule has 2 heterocycles. The van der Waals surface area contributed by atoms with Crippen molar-refractivity contribution < 1.29 is 23.9 Å². The van der Waals surface area contributed by atoms with Crippen molar-refractivity contribution in [2.75, 3.05) is 64.2 Å². The van der Waals surface area contributed by atoms with Gasteiger partial charge in [-0.2, -0.15) is 0 Å². The van der Waals surface area contributed by atoms with Gasteiger partial charge in [0.15, 0.2) is 0 Å². The van der Waals surface area contributed by atoms with Crippen molar-refractivity contribution in [1.82, 2.24) is 14.8 Å². The van der Waals surface area contributed by atoms with E-state index in [0.717, 1.165) is 67.6 Å². The number of hydrogen-bond donors (Lipinski definition) is 3. The van der Waals surface area contributed by atoms with E-state index in [4.69, 9.17) is 15.2 Å². The highest BCUT2D eigenvalue weighted by atomic mass is 16.5. The second kappa shape index (κ2) is 15.8. The smallest absolute Gasteiger partial charge is 0.258 e. The summed E-state index contributed by atoms with van der Waals surface area (Å²) in [5.74, 6) is 0.646. The van der Waals surface area contributed by atoms with Crippen molar-refractivity contribution in [2.24, 2.45) is 5.73 Å². The van der Waals surface area contributed by atoms with Crippen LogP contribution < -0.4 is 25.4 Å². The van der Waals surface area contributed by atoms with Crippen LogP contribution in [0.5, 0.6) is 11.5 Å². The van der Waals surface area contributed by atoms with Crippen LogP contribution in [-0.4, -0.2) is 86.5 Å². The number of nitrogens with zero attached hydrogens (tertiary/aromatic N) is 3. The summed E-state index contributed by atoms with van der Waals surface area (Å²) in [6.45, 7) is 6.25. The number of rotatable bonds is 13. The van der Waals surface area contributed by atoms with E-state index in [1.165, 1.54) is 7.11 Å². The predicted octanol–water partition coefficient (Wildman–Crippen LogP) is 5.19. The van der Waals surface area contributed by atoms with E-state index >= 15 is 0 Å². The lowest BCUT2D eigenvalue weighted by molar-refractivity contribution is -0.132. The number of benzene rings is 3. The summed E-state index contributed by atoms with van der Waals surface area (Å²) in [5.41, 5.74) is 10.4. The third-order valence-corrected chi connectivity index (χ3v) is 8.81. The molecule has 254 valence electrons. The van der Waals surface area contributed by atoms with E-state index in [9.17, 15) is 14.4 Å². The second-order valence-corrected chi connectivity index (χ2v) is 12.3. The van der Waals surface area contributed by atoms with Crippen molar-refractivity contribution in [1.29, 1.82) is 0 Å². The van der Waals surface area contributed by atoms with Crippen molar-refractivity contribution in [3.8, 4) is 11.5 Å². The van der Waals surface area contributed by atoms with E-state index in [2.05, 4.69) is 22.2 Å². The number of piperazine rings is 1. The Morgan fingerprint density at radius 2 is 1.75 bits per heavy atom. The zero-order valence-corrected chi connectivity index (χ0v) is 28.3. The largest absolute Gasteiger partial charge is 0.495 e. The Hall–Kier alpha value is -4.87. The highest BCUT2D eigenvalue weighted by Crippen LogP contribution is 2.32. The molecule has 5 rings (SSSR count). The van der Waals surface area contributed by atoms with E-state index in [1.807, 2.05) is 48.2 Å². The standard InChI is InChI=1S/C37H46N6O5/c1-25-12-15-32(34(21-25)48-20-7-5-6-11-35(44)43-18-16-41(2)17-19-43)42(3)37(46)26-13-14-31(33(22-26)47-4)40-36(45)28-9-8-10-30-29(28)23-27(24-38)39-30/h8-10,12-15,21-23,39H,5-7,11,16-20,24,38H2,1-4H3,(H,40,45). The number of aryl methyl sites for hydroxylation is 1. The first kappa shape index (κ1) is 34.5. The summed E-state index contributed by atoms with van der Waals surface area (Å²) in [7, 11) is 5.29. The number of fused-ring (bicyclic) bond motifs is 1. The maximum absolute atomic E-state index is 13.7. The maximum atomic E-state index is 13.7. The molecule has 0 unspecified atom stereocenters. The highest BCUT2D eigenvalue weighted by Gasteiger charge is 2.21.